The van der Waals surface area contributed by atoms with Crippen molar-refractivity contribution in [3.63, 3.8) is 0 Å². The van der Waals surface area contributed by atoms with Crippen molar-refractivity contribution in [2.75, 3.05) is 123 Å². The summed E-state index contributed by atoms with van der Waals surface area (Å²) in [7, 11) is 2.40. The number of thiol groups is 1. The number of primary amides is 1. The highest BCUT2D eigenvalue weighted by Crippen LogP contribution is 2.24. The summed E-state index contributed by atoms with van der Waals surface area (Å²) < 4.78 is 33.4. The van der Waals surface area contributed by atoms with Crippen LogP contribution in [-0.2, 0) is 89.2 Å². The molecule has 3 aromatic carbocycles. The van der Waals surface area contributed by atoms with E-state index in [1.807, 2.05) is 70.2 Å². The van der Waals surface area contributed by atoms with Gasteiger partial charge in [0.15, 0.2) is 0 Å². The molecule has 4 rings (SSSR count). The van der Waals surface area contributed by atoms with Crippen LogP contribution in [0.15, 0.2) is 66.7 Å². The first-order chi connectivity index (χ1) is 49.0. The first-order valence-electron chi connectivity index (χ1n) is 35.0. The number of nitrogens with one attached hydrogen (secondary N) is 11. The normalized spacial score (nSPS) is 18.8. The van der Waals surface area contributed by atoms with E-state index in [1.165, 1.54) is 40.6 Å². The Kier molecular flexibility index (Phi) is 44.1. The van der Waals surface area contributed by atoms with Crippen molar-refractivity contribution in [2.24, 2.45) is 11.7 Å². The maximum Gasteiger partial charge on any atom is 0.244 e. The number of phenolic OH excluding ortho intramolecular Hbond substituents is 1. The number of phenols is 1. The molecule has 14 N–H and O–H groups in total. The molecular formula is C70H110N12O17S3. The molecule has 32 heteroatoms. The van der Waals surface area contributed by atoms with Gasteiger partial charge in [-0.25, -0.2) is 0 Å². The van der Waals surface area contributed by atoms with E-state index in [0.717, 1.165) is 10.8 Å². The Morgan fingerprint density at radius 2 is 1.14 bits per heavy atom. The van der Waals surface area contributed by atoms with Crippen molar-refractivity contribution in [3.05, 3.63) is 77.9 Å². The molecule has 8 atom stereocenters. The van der Waals surface area contributed by atoms with E-state index in [0.29, 0.717) is 96.1 Å². The standard InChI is InChI=1S/C70H110N12O17S3/c1-46(2)72-24-11-9-15-55(66(89)74-26-27-94-28-29-95-30-31-96-32-33-97-34-35-98-36-37-99-43-48(5)64(87)82-59(44-100)63(71)86)79-70(93)60-45-102-101-38-23-61(84)77-58(40-50-18-21-54(83)22-19-50)69(92)80-56(16-10-12-25-73-47(3)4)68(91)76-49(6)65(88)81-57(67(90)75-42-62(85)78-60)41-51-17-20-52-13-7-8-14-53(52)39-51/h7-8,13-14,17-22,39,46-49,55-60,72-73,83,100H,9-12,15-16,23-38,40-45H2,1-6H3,(H2,71,86)(H,74,89)(H,75,90)(H,76,91)(H,77,84)(H,78,85)(H,79,93)(H,80,92)(H,81,88)(H,82,87)/t48?,49-,55?,56?,57?,58?,59?,60?/m1/s1. The van der Waals surface area contributed by atoms with Crippen LogP contribution in [0, 0.1) is 5.92 Å². The van der Waals surface area contributed by atoms with E-state index in [4.69, 9.17) is 34.2 Å². The highest BCUT2D eigenvalue weighted by atomic mass is 33.1. The van der Waals surface area contributed by atoms with E-state index in [-0.39, 0.29) is 113 Å². The van der Waals surface area contributed by atoms with Crippen LogP contribution >= 0.6 is 34.2 Å². The zero-order chi connectivity index (χ0) is 74.4. The second-order valence-electron chi connectivity index (χ2n) is 25.2. The lowest BCUT2D eigenvalue weighted by Crippen LogP contribution is -2.58. The number of hydrogen-bond donors (Lipinski definition) is 14. The predicted octanol–water partition coefficient (Wildman–Crippen LogP) is 1.25. The largest absolute Gasteiger partial charge is 0.508 e. The number of fused-ring (bicyclic) bond motifs is 1. The van der Waals surface area contributed by atoms with Crippen LogP contribution in [0.4, 0.5) is 0 Å². The lowest BCUT2D eigenvalue weighted by molar-refractivity contribution is -0.134. The topological polar surface area (TPSA) is 405 Å². The van der Waals surface area contributed by atoms with Gasteiger partial charge < -0.3 is 97.7 Å². The number of benzene rings is 3. The number of aromatic hydroxyl groups is 1. The summed E-state index contributed by atoms with van der Waals surface area (Å²) in [6, 6.07) is 11.8. The third-order valence-electron chi connectivity index (χ3n) is 15.7. The van der Waals surface area contributed by atoms with Crippen molar-refractivity contribution in [3.8, 4) is 5.75 Å². The van der Waals surface area contributed by atoms with Crippen molar-refractivity contribution >= 4 is 104 Å². The number of nitrogens with two attached hydrogens (primary N) is 1. The Bertz CT molecular complexity index is 3030. The monoisotopic (exact) mass is 1490 g/mol. The van der Waals surface area contributed by atoms with Crippen molar-refractivity contribution < 1.29 is 81.5 Å². The number of rotatable bonds is 43. The molecule has 102 heavy (non-hydrogen) atoms. The summed E-state index contributed by atoms with van der Waals surface area (Å²) >= 11 is 4.02. The van der Waals surface area contributed by atoms with Gasteiger partial charge in [-0.2, -0.15) is 12.6 Å². The summed E-state index contributed by atoms with van der Waals surface area (Å²) in [5.41, 5.74) is 6.53. The van der Waals surface area contributed by atoms with Gasteiger partial charge in [-0.3, -0.25) is 47.9 Å². The van der Waals surface area contributed by atoms with Crippen LogP contribution in [0.3, 0.4) is 0 Å². The number of carbonyl (C=O) groups excluding carboxylic acids is 10. The number of hydrogen-bond acceptors (Lipinski definition) is 22. The predicted molar refractivity (Wildman–Crippen MR) is 395 cm³/mol. The van der Waals surface area contributed by atoms with E-state index < -0.39 is 108 Å². The zero-order valence-corrected chi connectivity index (χ0v) is 62.3. The van der Waals surface area contributed by atoms with Gasteiger partial charge in [-0.05, 0) is 92.6 Å². The molecule has 1 heterocycles. The van der Waals surface area contributed by atoms with Crippen LogP contribution in [0.25, 0.3) is 10.8 Å². The minimum atomic E-state index is -1.28. The van der Waals surface area contributed by atoms with Gasteiger partial charge in [-0.15, -0.1) is 0 Å². The minimum absolute atomic E-state index is 0.00134. The maximum atomic E-state index is 14.5. The Morgan fingerprint density at radius 1 is 0.578 bits per heavy atom. The zero-order valence-electron chi connectivity index (χ0n) is 59.7. The number of unbranched alkanes of at least 4 members (excludes halogenated alkanes) is 2. The van der Waals surface area contributed by atoms with E-state index >= 15 is 0 Å². The molecule has 570 valence electrons. The molecule has 10 amide bonds. The minimum Gasteiger partial charge on any atom is -0.508 e. The van der Waals surface area contributed by atoms with Crippen LogP contribution in [0.2, 0.25) is 0 Å². The van der Waals surface area contributed by atoms with Gasteiger partial charge in [0.25, 0.3) is 0 Å². The highest BCUT2D eigenvalue weighted by Gasteiger charge is 2.32. The van der Waals surface area contributed by atoms with Gasteiger partial charge in [0.1, 0.15) is 48.0 Å². The van der Waals surface area contributed by atoms with Gasteiger partial charge >= 0.3 is 0 Å². The van der Waals surface area contributed by atoms with Crippen LogP contribution in [0.5, 0.6) is 5.75 Å². The lowest BCUT2D eigenvalue weighted by Gasteiger charge is -2.25. The molecule has 0 aromatic heterocycles. The molecule has 29 nitrogen and oxygen atoms in total. The second kappa shape index (κ2) is 51.3. The van der Waals surface area contributed by atoms with Crippen LogP contribution < -0.4 is 64.2 Å². The molecule has 1 aliphatic rings. The number of amides is 10. The van der Waals surface area contributed by atoms with Crippen LogP contribution in [-0.4, -0.2) is 241 Å². The average Bonchev–Trinajstić information content (AvgIpc) is 0.847. The quantitative estimate of drug-likeness (QED) is 0.0215. The Morgan fingerprint density at radius 3 is 1.75 bits per heavy atom. The molecule has 1 saturated heterocycles. The van der Waals surface area contributed by atoms with Gasteiger partial charge in [0.05, 0.1) is 91.7 Å². The summed E-state index contributed by atoms with van der Waals surface area (Å²) in [5.74, 6) is -6.51. The smallest absolute Gasteiger partial charge is 0.244 e. The molecule has 0 aliphatic carbocycles. The van der Waals surface area contributed by atoms with Gasteiger partial charge in [0.2, 0.25) is 59.1 Å². The molecule has 3 aromatic rings. The van der Waals surface area contributed by atoms with E-state index in [9.17, 15) is 53.1 Å². The van der Waals surface area contributed by atoms with E-state index in [1.54, 1.807) is 19.1 Å². The Balaban J connectivity index is 1.38. The number of carbonyl (C=O) groups is 10. The third kappa shape index (κ3) is 37.5. The third-order valence-corrected chi connectivity index (χ3v) is 18.5. The first kappa shape index (κ1) is 87.6. The van der Waals surface area contributed by atoms with Gasteiger partial charge in [-0.1, -0.05) is 111 Å². The first-order valence-corrected chi connectivity index (χ1v) is 38.1. The number of ether oxygens (including phenoxy) is 6. The average molecular weight is 1490 g/mol. The fraction of sp³-hybridized carbons (Fsp3) is 0.629. The Hall–Kier alpha value is -6.85. The maximum absolute atomic E-state index is 14.5. The van der Waals surface area contributed by atoms with Crippen molar-refractivity contribution in [2.45, 2.75) is 154 Å². The molecule has 0 saturated carbocycles. The molecule has 1 fully saturated rings. The second-order valence-corrected chi connectivity index (χ2v) is 28.2. The molecule has 7 unspecified atom stereocenters. The van der Waals surface area contributed by atoms with E-state index in [2.05, 4.69) is 71.1 Å². The Labute approximate surface area is 612 Å². The highest BCUT2D eigenvalue weighted by molar-refractivity contribution is 8.76. The van der Waals surface area contributed by atoms with Crippen molar-refractivity contribution in [1.82, 2.24) is 58.5 Å². The molecule has 1 aliphatic heterocycles. The fourth-order valence-corrected chi connectivity index (χ4v) is 12.4. The summed E-state index contributed by atoms with van der Waals surface area (Å²) in [6.07, 6.45) is 2.71. The molecule has 0 radical (unpaired) electrons. The fourth-order valence-electron chi connectivity index (χ4n) is 10.00. The van der Waals surface area contributed by atoms with Crippen LogP contribution in [0.1, 0.15) is 97.6 Å². The lowest BCUT2D eigenvalue weighted by atomic mass is 10.0. The molecule has 0 spiro atoms. The SMILES string of the molecule is CC(C)NCCCCC(NC(=O)C1CSSCCC(=O)NC(Cc2ccc(O)cc2)C(=O)NC(CCCCNC(C)C)C(=O)N[C@H](C)C(=O)NC(Cc2ccc3ccccc3c2)C(=O)NCC(=O)N1)C(=O)NCCOCCOCCOCCOCCOCCOCC(C)C(=O)NC(CS)C(N)=O. The van der Waals surface area contributed by atoms with Crippen molar-refractivity contribution in [1.29, 1.82) is 0 Å². The van der Waals surface area contributed by atoms with Gasteiger partial charge in [0, 0.05) is 55.1 Å². The molecule has 0 bridgehead atoms. The summed E-state index contributed by atoms with van der Waals surface area (Å²) in [5, 5.41) is 43.3. The molecular weight excluding hydrogens is 1380 g/mol. The summed E-state index contributed by atoms with van der Waals surface area (Å²) in [4.78, 5) is 137. The summed E-state index contributed by atoms with van der Waals surface area (Å²) in [6.45, 7) is 15.3.